The van der Waals surface area contributed by atoms with Crippen LogP contribution >= 0.6 is 0 Å². The summed E-state index contributed by atoms with van der Waals surface area (Å²) in [5.74, 6) is -3.47. The van der Waals surface area contributed by atoms with Gasteiger partial charge in [0, 0.05) is 20.4 Å². The Bertz CT molecular complexity index is 1060. The minimum Gasteiger partial charge on any atom is -0.478 e. The zero-order valence-corrected chi connectivity index (χ0v) is 21.1. The van der Waals surface area contributed by atoms with Crippen LogP contribution in [0.3, 0.4) is 0 Å². The molecule has 0 amide bonds. The van der Waals surface area contributed by atoms with Gasteiger partial charge in [-0.05, 0) is 49.2 Å². The van der Waals surface area contributed by atoms with Crippen molar-refractivity contribution in [3.05, 3.63) is 131 Å². The molecule has 0 aromatic heterocycles. The minimum atomic E-state index is -0.879. The number of rotatable bonds is 4. The molecular formula is C28H26O8Pd. The number of hydrogen-bond donors (Lipinski definition) is 4. The van der Waals surface area contributed by atoms with Crippen LogP contribution in [0.4, 0.5) is 0 Å². The summed E-state index contributed by atoms with van der Waals surface area (Å²) in [5, 5.41) is 33.6. The van der Waals surface area contributed by atoms with E-state index in [2.05, 4.69) is 0 Å². The Kier molecular flexibility index (Phi) is 16.7. The third-order valence-electron chi connectivity index (χ3n) is 4.30. The van der Waals surface area contributed by atoms with Crippen LogP contribution in [-0.2, 0) is 25.2 Å². The van der Waals surface area contributed by atoms with Gasteiger partial charge in [0.1, 0.15) is 0 Å². The Labute approximate surface area is 227 Å². The van der Waals surface area contributed by atoms with Crippen LogP contribution in [0.15, 0.2) is 115 Å². The average Bonchev–Trinajstić information content (AvgIpc) is 2.92. The fraction of sp³-hybridized carbons (Fsp3) is 0.0714. The number of aliphatic carboxylic acids is 1. The Morgan fingerprint density at radius 2 is 0.811 bits per heavy atom. The second-order valence-electron chi connectivity index (χ2n) is 6.96. The summed E-state index contributed by atoms with van der Waals surface area (Å²) in [6, 6.07) is 24.9. The van der Waals surface area contributed by atoms with Gasteiger partial charge >= 0.3 is 23.9 Å². The van der Waals surface area contributed by atoms with Gasteiger partial charge in [0.05, 0.1) is 22.3 Å². The zero-order valence-electron chi connectivity index (χ0n) is 19.5. The number of allylic oxidation sites excluding steroid dienone is 2. The van der Waals surface area contributed by atoms with Crippen molar-refractivity contribution in [2.45, 2.75) is 12.8 Å². The molecule has 0 aliphatic heterocycles. The van der Waals surface area contributed by atoms with E-state index in [9.17, 15) is 19.2 Å². The maximum Gasteiger partial charge on any atom is 0.335 e. The van der Waals surface area contributed by atoms with Gasteiger partial charge in [-0.15, -0.1) is 0 Å². The van der Waals surface area contributed by atoms with E-state index in [0.717, 1.165) is 12.8 Å². The van der Waals surface area contributed by atoms with Gasteiger partial charge < -0.3 is 20.4 Å². The first-order chi connectivity index (χ1) is 17.2. The van der Waals surface area contributed by atoms with E-state index in [1.165, 1.54) is 0 Å². The fourth-order valence-electron chi connectivity index (χ4n) is 2.51. The molecule has 1 aliphatic carbocycles. The summed E-state index contributed by atoms with van der Waals surface area (Å²) in [7, 11) is 0. The summed E-state index contributed by atoms with van der Waals surface area (Å²) < 4.78 is 0. The summed E-state index contributed by atoms with van der Waals surface area (Å²) >= 11 is 0. The first kappa shape index (κ1) is 32.7. The molecular weight excluding hydrogens is 571 g/mol. The van der Waals surface area contributed by atoms with Crippen molar-refractivity contribution in [3.8, 4) is 0 Å². The SMILES string of the molecule is O=C(O)C1=CCCC=C1.O=C(O)c1ccccc1.O=C(O)c1ccccc1.O=C(O)c1ccccc1.[Pd]. The monoisotopic (exact) mass is 596 g/mol. The van der Waals surface area contributed by atoms with Crippen molar-refractivity contribution >= 4 is 23.9 Å². The predicted octanol–water partition coefficient (Wildman–Crippen LogP) is 5.50. The minimum absolute atomic E-state index is 0. The van der Waals surface area contributed by atoms with E-state index in [0.29, 0.717) is 22.3 Å². The van der Waals surface area contributed by atoms with Gasteiger partial charge in [-0.2, -0.15) is 0 Å². The van der Waals surface area contributed by atoms with Crippen LogP contribution in [0.25, 0.3) is 0 Å². The summed E-state index contributed by atoms with van der Waals surface area (Å²) in [6.07, 6.45) is 7.09. The maximum absolute atomic E-state index is 10.2. The summed E-state index contributed by atoms with van der Waals surface area (Å²) in [4.78, 5) is 40.8. The molecule has 3 aromatic carbocycles. The molecule has 4 rings (SSSR count). The summed E-state index contributed by atoms with van der Waals surface area (Å²) in [6.45, 7) is 0. The van der Waals surface area contributed by atoms with Gasteiger partial charge in [0.25, 0.3) is 0 Å². The van der Waals surface area contributed by atoms with Crippen LogP contribution in [0.1, 0.15) is 43.9 Å². The Hall–Kier alpha value is -4.32. The smallest absolute Gasteiger partial charge is 0.335 e. The first-order valence-corrected chi connectivity index (χ1v) is 10.7. The van der Waals surface area contributed by atoms with E-state index in [1.807, 2.05) is 6.08 Å². The average molecular weight is 597 g/mol. The molecule has 0 spiro atoms. The molecule has 0 fully saturated rings. The van der Waals surface area contributed by atoms with Crippen molar-refractivity contribution in [3.63, 3.8) is 0 Å². The van der Waals surface area contributed by atoms with E-state index < -0.39 is 23.9 Å². The molecule has 0 atom stereocenters. The number of benzene rings is 3. The number of carboxylic acid groups (broad SMARTS) is 4. The van der Waals surface area contributed by atoms with Crippen LogP contribution in [0, 0.1) is 0 Å². The van der Waals surface area contributed by atoms with Gasteiger partial charge in [0.15, 0.2) is 0 Å². The van der Waals surface area contributed by atoms with E-state index in [4.69, 9.17) is 20.4 Å². The van der Waals surface area contributed by atoms with Gasteiger partial charge in [-0.1, -0.05) is 72.8 Å². The Balaban J connectivity index is 0.000000463. The molecule has 9 heteroatoms. The second kappa shape index (κ2) is 18.9. The second-order valence-corrected chi connectivity index (χ2v) is 6.96. The van der Waals surface area contributed by atoms with E-state index in [-0.39, 0.29) is 20.4 Å². The molecule has 0 bridgehead atoms. The molecule has 3 aromatic rings. The van der Waals surface area contributed by atoms with Crippen LogP contribution in [0.5, 0.6) is 0 Å². The molecule has 0 saturated heterocycles. The molecule has 8 nitrogen and oxygen atoms in total. The van der Waals surface area contributed by atoms with Crippen LogP contribution < -0.4 is 0 Å². The molecule has 0 radical (unpaired) electrons. The maximum atomic E-state index is 10.2. The van der Waals surface area contributed by atoms with Crippen LogP contribution in [-0.4, -0.2) is 44.3 Å². The number of carbonyl (C=O) groups is 4. The van der Waals surface area contributed by atoms with Crippen LogP contribution in [0.2, 0.25) is 0 Å². The van der Waals surface area contributed by atoms with Crippen molar-refractivity contribution < 1.29 is 60.0 Å². The molecule has 0 saturated carbocycles. The topological polar surface area (TPSA) is 149 Å². The zero-order chi connectivity index (χ0) is 26.8. The molecule has 37 heavy (non-hydrogen) atoms. The molecule has 0 unspecified atom stereocenters. The molecule has 4 N–H and O–H groups in total. The third-order valence-corrected chi connectivity index (χ3v) is 4.30. The molecule has 0 heterocycles. The van der Waals surface area contributed by atoms with E-state index in [1.54, 1.807) is 103 Å². The quantitative estimate of drug-likeness (QED) is 0.289. The summed E-state index contributed by atoms with van der Waals surface area (Å²) in [5.41, 5.74) is 1.41. The van der Waals surface area contributed by atoms with Crippen molar-refractivity contribution in [2.75, 3.05) is 0 Å². The van der Waals surface area contributed by atoms with Gasteiger partial charge in [0.2, 0.25) is 0 Å². The predicted molar refractivity (Wildman–Crippen MR) is 134 cm³/mol. The first-order valence-electron chi connectivity index (χ1n) is 10.7. The third kappa shape index (κ3) is 14.6. The van der Waals surface area contributed by atoms with E-state index >= 15 is 0 Å². The fourth-order valence-corrected chi connectivity index (χ4v) is 2.51. The Morgan fingerprint density at radius 1 is 0.486 bits per heavy atom. The largest absolute Gasteiger partial charge is 0.478 e. The van der Waals surface area contributed by atoms with Crippen molar-refractivity contribution in [2.24, 2.45) is 0 Å². The van der Waals surface area contributed by atoms with Crippen molar-refractivity contribution in [1.82, 2.24) is 0 Å². The normalized spacial score (nSPS) is 10.6. The number of aromatic carboxylic acids is 3. The standard InChI is InChI=1S/C7H8O2.3C7H6O2.Pd/c4*8-7(9)6-4-2-1-3-5-6;/h2,4-5H,1,3H2,(H,8,9);3*1-5H,(H,8,9);. The number of hydrogen-bond acceptors (Lipinski definition) is 4. The molecule has 1 aliphatic rings. The van der Waals surface area contributed by atoms with Crippen molar-refractivity contribution in [1.29, 1.82) is 0 Å². The number of carboxylic acids is 4. The Morgan fingerprint density at radius 3 is 0.973 bits per heavy atom. The molecule has 196 valence electrons. The van der Waals surface area contributed by atoms with Gasteiger partial charge in [-0.25, -0.2) is 19.2 Å². The van der Waals surface area contributed by atoms with Gasteiger partial charge in [-0.3, -0.25) is 0 Å².